The Morgan fingerprint density at radius 3 is 2.58 bits per heavy atom. The molecule has 0 aliphatic rings. The predicted octanol–water partition coefficient (Wildman–Crippen LogP) is 3.27. The predicted molar refractivity (Wildman–Crippen MR) is 55.6 cm³/mol. The van der Waals surface area contributed by atoms with Gasteiger partial charge < -0.3 is 5.11 Å². The summed E-state index contributed by atoms with van der Waals surface area (Å²) in [6, 6.07) is 7.72. The highest BCUT2D eigenvalue weighted by molar-refractivity contribution is 9.11. The van der Waals surface area contributed by atoms with E-state index < -0.39 is 0 Å². The van der Waals surface area contributed by atoms with Gasteiger partial charge in [-0.1, -0.05) is 18.2 Å². The van der Waals surface area contributed by atoms with E-state index in [2.05, 4.69) is 32.1 Å². The third-order valence-electron chi connectivity index (χ3n) is 1.73. The molecule has 1 aromatic carbocycles. The second-order valence-electron chi connectivity index (χ2n) is 2.44. The third-order valence-corrected chi connectivity index (χ3v) is 3.23. The fourth-order valence-electron chi connectivity index (χ4n) is 1.15. The molecule has 0 saturated carbocycles. The van der Waals surface area contributed by atoms with Gasteiger partial charge >= 0.3 is 0 Å². The summed E-state index contributed by atoms with van der Waals surface area (Å²) in [5.41, 5.74) is 0.946. The lowest BCUT2D eigenvalue weighted by atomic mass is 10.3. The molecule has 0 atom stereocenters. The molecular weight excluding hydrogens is 286 g/mol. The summed E-state index contributed by atoms with van der Waals surface area (Å²) >= 11 is 6.54. The van der Waals surface area contributed by atoms with E-state index >= 15 is 0 Å². The molecule has 2 nitrogen and oxygen atoms in total. The van der Waals surface area contributed by atoms with Gasteiger partial charge in [0.05, 0.1) is 26.1 Å². The molecule has 12 heavy (non-hydrogen) atoms. The molecule has 0 saturated heterocycles. The lowest BCUT2D eigenvalue weighted by molar-refractivity contribution is 0.451. The van der Waals surface area contributed by atoms with Crippen molar-refractivity contribution in [2.45, 2.75) is 0 Å². The van der Waals surface area contributed by atoms with Crippen molar-refractivity contribution in [3.63, 3.8) is 0 Å². The van der Waals surface area contributed by atoms with Gasteiger partial charge in [-0.2, -0.15) is 0 Å². The monoisotopic (exact) mass is 289 g/mol. The van der Waals surface area contributed by atoms with Crippen molar-refractivity contribution in [3.05, 3.63) is 28.7 Å². The van der Waals surface area contributed by atoms with Crippen molar-refractivity contribution in [3.8, 4) is 5.88 Å². The number of hydrogen-bond donors (Lipinski definition) is 1. The number of fused-ring (bicyclic) bond motifs is 1. The largest absolute Gasteiger partial charge is 0.493 e. The number of nitrogens with zero attached hydrogens (tertiary/aromatic N) is 1. The van der Waals surface area contributed by atoms with Gasteiger partial charge in [-0.3, -0.25) is 0 Å². The van der Waals surface area contributed by atoms with E-state index in [0.717, 1.165) is 15.4 Å². The van der Waals surface area contributed by atoms with Crippen LogP contribution < -0.4 is 0 Å². The van der Waals surface area contributed by atoms with Crippen LogP contribution in [-0.2, 0) is 0 Å². The van der Waals surface area contributed by atoms with Crippen LogP contribution in [0.4, 0.5) is 0 Å². The molecule has 0 radical (unpaired) electrons. The van der Waals surface area contributed by atoms with Gasteiger partial charge in [0, 0.05) is 5.39 Å². The minimum absolute atomic E-state index is 0.191. The Balaban J connectivity index is 2.99. The highest BCUT2D eigenvalue weighted by Crippen LogP contribution is 2.36. The Morgan fingerprint density at radius 2 is 1.92 bits per heavy atom. The molecule has 1 N–H and O–H groups in total. The third kappa shape index (κ3) is 0.983. The van der Waals surface area contributed by atoms with Crippen LogP contribution in [0.25, 0.3) is 10.9 Å². The van der Waals surface area contributed by atoms with Crippen molar-refractivity contribution >= 4 is 43.0 Å². The fraction of sp³-hybridized carbons (Fsp3) is 0. The topological polar surface area (TPSA) is 25.2 Å². The normalized spacial score (nSPS) is 10.8. The van der Waals surface area contributed by atoms with Gasteiger partial charge in [-0.15, -0.1) is 0 Å². The minimum Gasteiger partial charge on any atom is -0.493 e. The first-order valence-electron chi connectivity index (χ1n) is 3.36. The second-order valence-corrected chi connectivity index (χ2v) is 3.94. The molecule has 2 rings (SSSR count). The molecule has 0 fully saturated rings. The molecule has 62 valence electrons. The van der Waals surface area contributed by atoms with Gasteiger partial charge in [0.25, 0.3) is 0 Å². The molecule has 0 unspecified atom stereocenters. The highest BCUT2D eigenvalue weighted by Gasteiger charge is 2.11. The summed E-state index contributed by atoms with van der Waals surface area (Å²) in [5.74, 6) is 0.191. The van der Waals surface area contributed by atoms with E-state index in [1.54, 1.807) is 3.59 Å². The molecule has 1 heterocycles. The average molecular weight is 291 g/mol. The number of benzene rings is 1. The Hall–Kier alpha value is -0.480. The Bertz CT molecular complexity index is 397. The number of halogens is 2. The van der Waals surface area contributed by atoms with Gasteiger partial charge in [0.15, 0.2) is 0 Å². The summed E-state index contributed by atoms with van der Waals surface area (Å²) in [6.07, 6.45) is 0. The molecule has 4 heteroatoms. The number of aromatic hydroxyl groups is 1. The summed E-state index contributed by atoms with van der Waals surface area (Å²) in [4.78, 5) is 0. The Morgan fingerprint density at radius 1 is 1.25 bits per heavy atom. The van der Waals surface area contributed by atoms with Gasteiger partial charge in [-0.25, -0.2) is 3.59 Å². The van der Waals surface area contributed by atoms with Crippen LogP contribution in [-0.4, -0.2) is 8.70 Å². The zero-order valence-corrected chi connectivity index (χ0v) is 9.13. The maximum Gasteiger partial charge on any atom is 0.217 e. The number of hydrogen-bond acceptors (Lipinski definition) is 1. The number of rotatable bonds is 0. The Labute approximate surface area is 86.3 Å². The standard InChI is InChI=1S/C8H5Br2NO/c9-7-5-3-1-2-4-6(5)11(10)8(7)12/h1-4,12H. The van der Waals surface area contributed by atoms with Crippen molar-refractivity contribution in [2.24, 2.45) is 0 Å². The van der Waals surface area contributed by atoms with Crippen molar-refractivity contribution in [1.29, 1.82) is 0 Å². The van der Waals surface area contributed by atoms with Crippen molar-refractivity contribution in [1.82, 2.24) is 3.59 Å². The van der Waals surface area contributed by atoms with E-state index in [1.165, 1.54) is 0 Å². The minimum atomic E-state index is 0.191. The van der Waals surface area contributed by atoms with E-state index in [-0.39, 0.29) is 5.88 Å². The van der Waals surface area contributed by atoms with Crippen LogP contribution >= 0.6 is 32.1 Å². The summed E-state index contributed by atoms with van der Waals surface area (Å²) in [5, 5.41) is 10.5. The average Bonchev–Trinajstić information content (AvgIpc) is 2.33. The highest BCUT2D eigenvalue weighted by atomic mass is 79.9. The maximum absolute atomic E-state index is 9.50. The number of para-hydroxylation sites is 1. The van der Waals surface area contributed by atoms with E-state index in [0.29, 0.717) is 0 Å². The maximum atomic E-state index is 9.50. The summed E-state index contributed by atoms with van der Waals surface area (Å²) < 4.78 is 2.28. The zero-order valence-electron chi connectivity index (χ0n) is 5.96. The second kappa shape index (κ2) is 2.78. The van der Waals surface area contributed by atoms with Crippen LogP contribution in [0.5, 0.6) is 5.88 Å². The van der Waals surface area contributed by atoms with Crippen LogP contribution in [0.2, 0.25) is 0 Å². The summed E-state index contributed by atoms with van der Waals surface area (Å²) in [7, 11) is 0. The van der Waals surface area contributed by atoms with Crippen LogP contribution in [0.15, 0.2) is 28.7 Å². The van der Waals surface area contributed by atoms with Crippen molar-refractivity contribution in [2.75, 3.05) is 0 Å². The lowest BCUT2D eigenvalue weighted by Gasteiger charge is -1.91. The lowest BCUT2D eigenvalue weighted by Crippen LogP contribution is -1.74. The van der Waals surface area contributed by atoms with E-state index in [1.807, 2.05) is 24.3 Å². The molecule has 0 spiro atoms. The zero-order chi connectivity index (χ0) is 8.72. The fourth-order valence-corrected chi connectivity index (χ4v) is 2.39. The first-order chi connectivity index (χ1) is 5.72. The molecule has 0 aliphatic carbocycles. The summed E-state index contributed by atoms with van der Waals surface area (Å²) in [6.45, 7) is 0. The van der Waals surface area contributed by atoms with Crippen LogP contribution in [0, 0.1) is 0 Å². The van der Waals surface area contributed by atoms with E-state index in [9.17, 15) is 5.11 Å². The number of aromatic nitrogens is 1. The van der Waals surface area contributed by atoms with Crippen molar-refractivity contribution < 1.29 is 5.11 Å². The molecular formula is C8H5Br2NO. The SMILES string of the molecule is Oc1c(Br)c2ccccc2n1Br. The van der Waals surface area contributed by atoms with Gasteiger partial charge in [0.2, 0.25) is 5.88 Å². The smallest absolute Gasteiger partial charge is 0.217 e. The van der Waals surface area contributed by atoms with Crippen LogP contribution in [0.1, 0.15) is 0 Å². The molecule has 2 aromatic rings. The van der Waals surface area contributed by atoms with E-state index in [4.69, 9.17) is 0 Å². The molecule has 0 bridgehead atoms. The van der Waals surface area contributed by atoms with Gasteiger partial charge in [-0.05, 0) is 22.0 Å². The molecule has 0 aliphatic heterocycles. The van der Waals surface area contributed by atoms with Crippen LogP contribution in [0.3, 0.4) is 0 Å². The molecule has 0 amide bonds. The van der Waals surface area contributed by atoms with Gasteiger partial charge in [0.1, 0.15) is 0 Å². The first kappa shape index (κ1) is 8.13. The first-order valence-corrected chi connectivity index (χ1v) is 4.86. The molecule has 1 aromatic heterocycles. The Kier molecular flexibility index (Phi) is 1.88. The quantitative estimate of drug-likeness (QED) is 0.791.